The van der Waals surface area contributed by atoms with E-state index in [2.05, 4.69) is 15.0 Å². The Morgan fingerprint density at radius 2 is 1.85 bits per heavy atom. The summed E-state index contributed by atoms with van der Waals surface area (Å²) in [6, 6.07) is 0. The molecule has 2 rings (SSSR count). The van der Waals surface area contributed by atoms with Gasteiger partial charge in [0.05, 0.1) is 5.52 Å². The van der Waals surface area contributed by atoms with Crippen molar-refractivity contribution in [1.82, 2.24) is 15.0 Å². The molecular weight excluding hydrogens is 209 g/mol. The van der Waals surface area contributed by atoms with E-state index in [1.54, 1.807) is 0 Å². The second-order valence-corrected chi connectivity index (χ2v) is 3.58. The van der Waals surface area contributed by atoms with Crippen LogP contribution in [0.4, 0.5) is 0 Å². The van der Waals surface area contributed by atoms with E-state index < -0.39 is 0 Å². The fourth-order valence-electron chi connectivity index (χ4n) is 1.25. The number of hydrogen-bond donors (Lipinski definition) is 1. The van der Waals surface area contributed by atoms with E-state index in [0.29, 0.717) is 5.15 Å². The summed E-state index contributed by atoms with van der Waals surface area (Å²) in [7, 11) is 0. The van der Waals surface area contributed by atoms with Crippen LogP contribution in [0.25, 0.3) is 11.0 Å². The lowest BCUT2D eigenvalue weighted by molar-refractivity contribution is 1.21. The highest BCUT2D eigenvalue weighted by Gasteiger charge is 2.10. The van der Waals surface area contributed by atoms with E-state index in [1.807, 2.05) is 13.8 Å². The second-order valence-electron chi connectivity index (χ2n) is 2.88. The van der Waals surface area contributed by atoms with Gasteiger partial charge in [-0.25, -0.2) is 9.97 Å². The summed E-state index contributed by atoms with van der Waals surface area (Å²) in [5, 5.41) is 0.547. The monoisotopic (exact) mass is 215 g/mol. The van der Waals surface area contributed by atoms with Gasteiger partial charge in [0.25, 0.3) is 0 Å². The molecule has 1 N–H and O–H groups in total. The number of fused-ring (bicyclic) bond motifs is 1. The maximum absolute atomic E-state index is 5.88. The second kappa shape index (κ2) is 2.86. The van der Waals surface area contributed by atoms with Crippen LogP contribution in [0.15, 0.2) is 0 Å². The Labute approximate surface area is 85.1 Å². The predicted molar refractivity (Wildman–Crippen MR) is 53.4 cm³/mol. The molecule has 5 heteroatoms. The van der Waals surface area contributed by atoms with Gasteiger partial charge in [0, 0.05) is 5.69 Å². The summed E-state index contributed by atoms with van der Waals surface area (Å²) in [5.41, 5.74) is 3.64. The normalized spacial score (nSPS) is 11.1. The van der Waals surface area contributed by atoms with E-state index in [0.717, 1.165) is 22.3 Å². The number of nitrogens with one attached hydrogen (secondary N) is 1. The average molecular weight is 216 g/mol. The summed E-state index contributed by atoms with van der Waals surface area (Å²) >= 11 is 11.6. The molecule has 0 aliphatic carbocycles. The molecule has 3 nitrogen and oxygen atoms in total. The highest BCUT2D eigenvalue weighted by Crippen LogP contribution is 2.25. The van der Waals surface area contributed by atoms with E-state index >= 15 is 0 Å². The lowest BCUT2D eigenvalue weighted by Gasteiger charge is -1.94. The van der Waals surface area contributed by atoms with Crippen molar-refractivity contribution in [2.75, 3.05) is 0 Å². The SMILES string of the molecule is Cc1[nH]c2c(Cl)nc(Cl)nc2c1C. The van der Waals surface area contributed by atoms with Crippen molar-refractivity contribution in [3.05, 3.63) is 21.7 Å². The molecule has 0 saturated carbocycles. The van der Waals surface area contributed by atoms with Gasteiger partial charge >= 0.3 is 0 Å². The van der Waals surface area contributed by atoms with Gasteiger partial charge in [-0.1, -0.05) is 11.6 Å². The van der Waals surface area contributed by atoms with Crippen LogP contribution in [0.5, 0.6) is 0 Å². The first-order chi connectivity index (χ1) is 6.09. The van der Waals surface area contributed by atoms with Crippen LogP contribution in [-0.4, -0.2) is 15.0 Å². The van der Waals surface area contributed by atoms with Gasteiger partial charge in [-0.15, -0.1) is 0 Å². The molecule has 2 aromatic heterocycles. The Morgan fingerprint density at radius 3 is 2.54 bits per heavy atom. The molecule has 68 valence electrons. The minimum Gasteiger partial charge on any atom is -0.355 e. The van der Waals surface area contributed by atoms with Gasteiger partial charge in [-0.3, -0.25) is 0 Å². The van der Waals surface area contributed by atoms with Crippen LogP contribution < -0.4 is 0 Å². The van der Waals surface area contributed by atoms with Crippen LogP contribution >= 0.6 is 23.2 Å². The summed E-state index contributed by atoms with van der Waals surface area (Å²) in [5.74, 6) is 0. The molecule has 0 aliphatic heterocycles. The fraction of sp³-hybridized carbons (Fsp3) is 0.250. The van der Waals surface area contributed by atoms with E-state index in [-0.39, 0.29) is 5.28 Å². The third kappa shape index (κ3) is 1.28. The summed E-state index contributed by atoms with van der Waals surface area (Å²) in [6.45, 7) is 3.93. The van der Waals surface area contributed by atoms with Crippen molar-refractivity contribution < 1.29 is 0 Å². The molecule has 0 amide bonds. The minimum absolute atomic E-state index is 0.180. The molecule has 0 radical (unpaired) electrons. The first-order valence-corrected chi connectivity index (χ1v) is 4.53. The first kappa shape index (κ1) is 8.78. The Balaban J connectivity index is 2.94. The van der Waals surface area contributed by atoms with Crippen LogP contribution in [-0.2, 0) is 0 Å². The molecule has 2 aromatic rings. The maximum Gasteiger partial charge on any atom is 0.224 e. The summed E-state index contributed by atoms with van der Waals surface area (Å²) in [4.78, 5) is 11.0. The number of aryl methyl sites for hydroxylation is 2. The largest absolute Gasteiger partial charge is 0.355 e. The molecule has 13 heavy (non-hydrogen) atoms. The number of aromatic nitrogens is 3. The van der Waals surface area contributed by atoms with Crippen molar-refractivity contribution in [1.29, 1.82) is 0 Å². The van der Waals surface area contributed by atoms with Gasteiger partial charge in [0.2, 0.25) is 5.28 Å². The molecule has 0 aliphatic rings. The molecule has 0 unspecified atom stereocenters. The first-order valence-electron chi connectivity index (χ1n) is 3.77. The Morgan fingerprint density at radius 1 is 1.15 bits per heavy atom. The van der Waals surface area contributed by atoms with Crippen molar-refractivity contribution in [3.63, 3.8) is 0 Å². The number of aromatic amines is 1. The van der Waals surface area contributed by atoms with Crippen molar-refractivity contribution >= 4 is 34.2 Å². The Bertz CT molecular complexity index is 476. The molecule has 0 bridgehead atoms. The number of rotatable bonds is 0. The van der Waals surface area contributed by atoms with E-state index in [9.17, 15) is 0 Å². The average Bonchev–Trinajstić information content (AvgIpc) is 2.32. The predicted octanol–water partition coefficient (Wildman–Crippen LogP) is 2.88. The van der Waals surface area contributed by atoms with Crippen LogP contribution in [0.2, 0.25) is 10.4 Å². The van der Waals surface area contributed by atoms with Crippen LogP contribution in [0, 0.1) is 13.8 Å². The quantitative estimate of drug-likeness (QED) is 0.543. The van der Waals surface area contributed by atoms with Crippen molar-refractivity contribution in [2.24, 2.45) is 0 Å². The summed E-state index contributed by atoms with van der Waals surface area (Å²) < 4.78 is 0. The molecule has 2 heterocycles. The summed E-state index contributed by atoms with van der Waals surface area (Å²) in [6.07, 6.45) is 0. The smallest absolute Gasteiger partial charge is 0.224 e. The number of nitrogens with zero attached hydrogens (tertiary/aromatic N) is 2. The zero-order valence-corrected chi connectivity index (χ0v) is 8.66. The Hall–Kier alpha value is -0.800. The standard InChI is InChI=1S/C8H7Cl2N3/c1-3-4(2)11-6-5(3)12-8(10)13-7(6)9/h11H,1-2H3. The third-order valence-electron chi connectivity index (χ3n) is 2.07. The van der Waals surface area contributed by atoms with Crippen LogP contribution in [0.3, 0.4) is 0 Å². The zero-order valence-electron chi connectivity index (χ0n) is 7.15. The Kier molecular flexibility index (Phi) is 1.93. The molecule has 0 fully saturated rings. The van der Waals surface area contributed by atoms with Gasteiger partial charge in [-0.2, -0.15) is 0 Å². The lowest BCUT2D eigenvalue weighted by Crippen LogP contribution is -1.84. The molecule has 0 saturated heterocycles. The third-order valence-corrected chi connectivity index (χ3v) is 2.51. The highest BCUT2D eigenvalue weighted by molar-refractivity contribution is 6.35. The van der Waals surface area contributed by atoms with E-state index in [4.69, 9.17) is 23.2 Å². The highest BCUT2D eigenvalue weighted by atomic mass is 35.5. The van der Waals surface area contributed by atoms with Crippen LogP contribution in [0.1, 0.15) is 11.3 Å². The fourth-order valence-corrected chi connectivity index (χ4v) is 1.68. The number of halogens is 2. The van der Waals surface area contributed by atoms with Gasteiger partial charge < -0.3 is 4.98 Å². The zero-order chi connectivity index (χ0) is 9.59. The van der Waals surface area contributed by atoms with Gasteiger partial charge in [0.1, 0.15) is 5.52 Å². The molecule has 0 aromatic carbocycles. The number of H-pyrrole nitrogens is 1. The molecular formula is C8H7Cl2N3. The van der Waals surface area contributed by atoms with Gasteiger partial charge in [-0.05, 0) is 31.0 Å². The van der Waals surface area contributed by atoms with Gasteiger partial charge in [0.15, 0.2) is 5.15 Å². The maximum atomic E-state index is 5.88. The lowest BCUT2D eigenvalue weighted by atomic mass is 10.2. The van der Waals surface area contributed by atoms with E-state index in [1.165, 1.54) is 0 Å². The van der Waals surface area contributed by atoms with Crippen molar-refractivity contribution in [2.45, 2.75) is 13.8 Å². The molecule has 0 atom stereocenters. The van der Waals surface area contributed by atoms with Crippen molar-refractivity contribution in [3.8, 4) is 0 Å². The topological polar surface area (TPSA) is 41.6 Å². The number of hydrogen-bond acceptors (Lipinski definition) is 2. The minimum atomic E-state index is 0.180. The molecule has 0 spiro atoms.